The molecule has 33 heavy (non-hydrogen) atoms. The molecule has 2 saturated carbocycles. The van der Waals surface area contributed by atoms with E-state index in [-0.39, 0.29) is 12.3 Å². The molecular weight excluding hydrogens is 455 g/mol. The van der Waals surface area contributed by atoms with Crippen LogP contribution in [0.15, 0.2) is 41.5 Å². The summed E-state index contributed by atoms with van der Waals surface area (Å²) in [6, 6.07) is 5.50. The number of rotatable bonds is 8. The van der Waals surface area contributed by atoms with Gasteiger partial charge in [-0.15, -0.1) is 0 Å². The van der Waals surface area contributed by atoms with E-state index in [0.717, 1.165) is 30.9 Å². The van der Waals surface area contributed by atoms with Crippen molar-refractivity contribution in [1.29, 1.82) is 0 Å². The Morgan fingerprint density at radius 2 is 1.97 bits per heavy atom. The number of carboxylic acids is 1. The van der Waals surface area contributed by atoms with E-state index in [4.69, 9.17) is 11.6 Å². The van der Waals surface area contributed by atoms with E-state index < -0.39 is 41.2 Å². The highest BCUT2D eigenvalue weighted by molar-refractivity contribution is 6.31. The minimum atomic E-state index is -4.53. The van der Waals surface area contributed by atoms with Crippen LogP contribution in [0, 0.1) is 23.2 Å². The number of hydrogen-bond donors (Lipinski definition) is 2. The zero-order chi connectivity index (χ0) is 24.0. The second-order valence-corrected chi connectivity index (χ2v) is 10.1. The molecule has 4 nitrogen and oxygen atoms in total. The lowest BCUT2D eigenvalue weighted by atomic mass is 9.78. The molecule has 4 rings (SSSR count). The van der Waals surface area contributed by atoms with Crippen molar-refractivity contribution in [3.8, 4) is 0 Å². The monoisotopic (exact) mass is 481 g/mol. The molecule has 0 saturated heterocycles. The molecule has 0 radical (unpaired) electrons. The molecule has 1 unspecified atom stereocenters. The molecule has 0 heterocycles. The van der Waals surface area contributed by atoms with Crippen molar-refractivity contribution >= 4 is 29.2 Å². The Balaban J connectivity index is 1.61. The second-order valence-electron chi connectivity index (χ2n) is 9.65. The van der Waals surface area contributed by atoms with E-state index in [1.54, 1.807) is 18.2 Å². The summed E-state index contributed by atoms with van der Waals surface area (Å²) in [4.78, 5) is 24.9. The molecule has 178 valence electrons. The zero-order valence-corrected chi connectivity index (χ0v) is 19.0. The van der Waals surface area contributed by atoms with Gasteiger partial charge in [0.1, 0.15) is 0 Å². The van der Waals surface area contributed by atoms with Gasteiger partial charge < -0.3 is 10.4 Å². The molecular formula is C25H27ClF3NO3. The maximum absolute atomic E-state index is 13.7. The summed E-state index contributed by atoms with van der Waals surface area (Å²) in [6.45, 7) is 1.04. The third-order valence-electron chi connectivity index (χ3n) is 7.15. The summed E-state index contributed by atoms with van der Waals surface area (Å²) in [5, 5.41) is 12.7. The van der Waals surface area contributed by atoms with Gasteiger partial charge in [-0.2, -0.15) is 13.2 Å². The standard InChI is InChI=1S/C25H27ClF3NO3/c1-14(25(27,28)29)21(17-5-7-18(26)8-6-17)22(31)30-20-12-15(2-9-19(20)16-3-4-16)13-24(10-11-24)23(32)33/h2,5,7-9,12,14,16-17,21H,3-4,6,10-11,13H2,1H3,(H,30,31)(H,32,33)/t14-,17?,21+/m1/s1. The van der Waals surface area contributed by atoms with Gasteiger partial charge in [-0.3, -0.25) is 9.59 Å². The molecule has 3 atom stereocenters. The van der Waals surface area contributed by atoms with Crippen molar-refractivity contribution in [3.63, 3.8) is 0 Å². The maximum atomic E-state index is 13.7. The maximum Gasteiger partial charge on any atom is 0.392 e. The summed E-state index contributed by atoms with van der Waals surface area (Å²) in [7, 11) is 0. The zero-order valence-electron chi connectivity index (χ0n) is 18.3. The van der Waals surface area contributed by atoms with Crippen LogP contribution in [0.3, 0.4) is 0 Å². The molecule has 0 bridgehead atoms. The van der Waals surface area contributed by atoms with Crippen LogP contribution in [-0.4, -0.2) is 23.2 Å². The smallest absolute Gasteiger partial charge is 0.392 e. The van der Waals surface area contributed by atoms with Crippen LogP contribution >= 0.6 is 11.6 Å². The highest BCUT2D eigenvalue weighted by Gasteiger charge is 2.50. The van der Waals surface area contributed by atoms with Crippen LogP contribution in [0.1, 0.15) is 56.1 Å². The second kappa shape index (κ2) is 8.82. The number of carboxylic acid groups (broad SMARTS) is 1. The summed E-state index contributed by atoms with van der Waals surface area (Å²) in [5.74, 6) is -5.04. The lowest BCUT2D eigenvalue weighted by Gasteiger charge is -2.31. The van der Waals surface area contributed by atoms with Gasteiger partial charge >= 0.3 is 12.1 Å². The summed E-state index contributed by atoms with van der Waals surface area (Å²) < 4.78 is 41.0. The fraction of sp³-hybridized carbons (Fsp3) is 0.520. The number of hydrogen-bond acceptors (Lipinski definition) is 2. The van der Waals surface area contributed by atoms with Gasteiger partial charge in [0.15, 0.2) is 0 Å². The lowest BCUT2D eigenvalue weighted by molar-refractivity contribution is -0.188. The molecule has 0 aromatic heterocycles. The minimum absolute atomic E-state index is 0.254. The quantitative estimate of drug-likeness (QED) is 0.450. The third-order valence-corrected chi connectivity index (χ3v) is 7.43. The van der Waals surface area contributed by atoms with E-state index in [1.165, 1.54) is 6.08 Å². The van der Waals surface area contributed by atoms with Crippen molar-refractivity contribution in [1.82, 2.24) is 0 Å². The summed E-state index contributed by atoms with van der Waals surface area (Å²) >= 11 is 5.94. The lowest BCUT2D eigenvalue weighted by Crippen LogP contribution is -2.40. The first-order valence-electron chi connectivity index (χ1n) is 11.3. The normalized spacial score (nSPS) is 23.4. The Morgan fingerprint density at radius 1 is 1.27 bits per heavy atom. The number of benzene rings is 1. The number of carbonyl (C=O) groups is 2. The van der Waals surface area contributed by atoms with E-state index in [2.05, 4.69) is 5.32 Å². The summed E-state index contributed by atoms with van der Waals surface area (Å²) in [5.41, 5.74) is 1.39. The molecule has 0 spiro atoms. The predicted octanol–water partition coefficient (Wildman–Crippen LogP) is 6.42. The van der Waals surface area contributed by atoms with Crippen LogP contribution in [-0.2, 0) is 16.0 Å². The van der Waals surface area contributed by atoms with Crippen LogP contribution in [0.25, 0.3) is 0 Å². The average molecular weight is 482 g/mol. The predicted molar refractivity (Wildman–Crippen MR) is 120 cm³/mol. The highest BCUT2D eigenvalue weighted by atomic mass is 35.5. The Kier molecular flexibility index (Phi) is 6.38. The van der Waals surface area contributed by atoms with Crippen LogP contribution in [0.4, 0.5) is 18.9 Å². The fourth-order valence-electron chi connectivity index (χ4n) is 4.67. The molecule has 0 aliphatic heterocycles. The first-order chi connectivity index (χ1) is 15.5. The molecule has 8 heteroatoms. The van der Waals surface area contributed by atoms with E-state index in [0.29, 0.717) is 30.0 Å². The van der Waals surface area contributed by atoms with Crippen molar-refractivity contribution in [2.75, 3.05) is 5.32 Å². The molecule has 2 N–H and O–H groups in total. The highest BCUT2D eigenvalue weighted by Crippen LogP contribution is 2.50. The Morgan fingerprint density at radius 3 is 2.48 bits per heavy atom. The van der Waals surface area contributed by atoms with Gasteiger partial charge in [-0.25, -0.2) is 0 Å². The number of aliphatic carboxylic acids is 1. The van der Waals surface area contributed by atoms with Gasteiger partial charge in [0, 0.05) is 10.7 Å². The Hall–Kier alpha value is -2.28. The fourth-order valence-corrected chi connectivity index (χ4v) is 4.83. The number of nitrogens with one attached hydrogen (secondary N) is 1. The molecule has 1 aromatic rings. The number of amides is 1. The number of halogens is 4. The van der Waals surface area contributed by atoms with Gasteiger partial charge in [0.25, 0.3) is 0 Å². The Labute approximate surface area is 195 Å². The van der Waals surface area contributed by atoms with Crippen molar-refractivity contribution in [3.05, 3.63) is 52.6 Å². The topological polar surface area (TPSA) is 66.4 Å². The number of anilines is 1. The third kappa shape index (κ3) is 5.29. The number of carbonyl (C=O) groups excluding carboxylic acids is 1. The van der Waals surface area contributed by atoms with E-state index in [9.17, 15) is 27.9 Å². The average Bonchev–Trinajstić information content (AvgIpc) is 3.64. The molecule has 1 amide bonds. The first-order valence-corrected chi connectivity index (χ1v) is 11.7. The van der Waals surface area contributed by atoms with Crippen LogP contribution in [0.5, 0.6) is 0 Å². The molecule has 3 aliphatic rings. The largest absolute Gasteiger partial charge is 0.481 e. The van der Waals surface area contributed by atoms with E-state index >= 15 is 0 Å². The van der Waals surface area contributed by atoms with Crippen molar-refractivity contribution in [2.45, 2.75) is 57.5 Å². The van der Waals surface area contributed by atoms with Crippen LogP contribution < -0.4 is 5.32 Å². The van der Waals surface area contributed by atoms with Crippen molar-refractivity contribution < 1.29 is 27.9 Å². The minimum Gasteiger partial charge on any atom is -0.481 e. The summed E-state index contributed by atoms with van der Waals surface area (Å²) in [6.07, 6.45) is 3.93. The van der Waals surface area contributed by atoms with Gasteiger partial charge in [0.05, 0.1) is 17.3 Å². The van der Waals surface area contributed by atoms with Gasteiger partial charge in [-0.1, -0.05) is 42.8 Å². The van der Waals surface area contributed by atoms with E-state index in [1.807, 2.05) is 12.1 Å². The molecule has 1 aromatic carbocycles. The molecule has 2 fully saturated rings. The Bertz CT molecular complexity index is 1010. The number of alkyl halides is 3. The number of allylic oxidation sites excluding steroid dienone is 4. The molecule has 3 aliphatic carbocycles. The van der Waals surface area contributed by atoms with Crippen molar-refractivity contribution in [2.24, 2.45) is 23.2 Å². The first kappa shape index (κ1) is 23.9. The SMILES string of the molecule is C[C@H]([C@H](C(=O)Nc1cc(CC2(C(=O)O)CC2)ccc1C1CC1)C1C=CC(Cl)=CC1)C(F)(F)F. The van der Waals surface area contributed by atoms with Gasteiger partial charge in [-0.05, 0) is 73.6 Å². The van der Waals surface area contributed by atoms with Gasteiger partial charge in [0.2, 0.25) is 5.91 Å². The van der Waals surface area contributed by atoms with Crippen LogP contribution in [0.2, 0.25) is 0 Å².